The molecule has 1 aromatic rings. The number of aromatic nitrogens is 1. The molecule has 0 spiro atoms. The molecule has 150 valence electrons. The Kier molecular flexibility index (Phi) is 12.9. The Labute approximate surface area is 159 Å². The Morgan fingerprint density at radius 1 is 1.00 bits per heavy atom. The molecule has 1 atom stereocenters. The zero-order valence-corrected chi connectivity index (χ0v) is 16.9. The number of amides is 1. The van der Waals surface area contributed by atoms with Gasteiger partial charge in [0.1, 0.15) is 6.26 Å². The second kappa shape index (κ2) is 14.8. The molecule has 3 N–H and O–H groups in total. The van der Waals surface area contributed by atoms with Crippen LogP contribution in [-0.2, 0) is 0 Å². The van der Waals surface area contributed by atoms with E-state index in [4.69, 9.17) is 10.2 Å². The molecule has 0 aliphatic heterocycles. The summed E-state index contributed by atoms with van der Waals surface area (Å²) in [6.07, 6.45) is 18.6. The summed E-state index contributed by atoms with van der Waals surface area (Å²) in [6, 6.07) is -0.294. The normalized spacial score (nSPS) is 12.3. The van der Waals surface area contributed by atoms with Gasteiger partial charge in [0.25, 0.3) is 5.91 Å². The first-order valence-electron chi connectivity index (χ1n) is 10.6. The number of carbonyl (C=O) groups is 1. The van der Waals surface area contributed by atoms with Crippen molar-refractivity contribution in [1.82, 2.24) is 10.3 Å². The predicted octanol–water partition coefficient (Wildman–Crippen LogP) is 5.52. The van der Waals surface area contributed by atoms with E-state index in [9.17, 15) is 4.79 Å². The van der Waals surface area contributed by atoms with E-state index in [1.54, 1.807) is 6.92 Å². The Morgan fingerprint density at radius 2 is 1.50 bits per heavy atom. The van der Waals surface area contributed by atoms with Gasteiger partial charge in [-0.15, -0.1) is 0 Å². The van der Waals surface area contributed by atoms with Crippen LogP contribution in [0.3, 0.4) is 0 Å². The zero-order chi connectivity index (χ0) is 19.0. The van der Waals surface area contributed by atoms with Gasteiger partial charge in [0, 0.05) is 6.54 Å². The molecule has 0 saturated heterocycles. The van der Waals surface area contributed by atoms with Crippen molar-refractivity contribution in [2.45, 2.75) is 103 Å². The fraction of sp³-hybridized carbons (Fsp3) is 0.810. The lowest BCUT2D eigenvalue weighted by atomic mass is 10.0. The molecule has 0 aliphatic carbocycles. The van der Waals surface area contributed by atoms with E-state index in [1.165, 1.54) is 83.3 Å². The van der Waals surface area contributed by atoms with Gasteiger partial charge in [-0.1, -0.05) is 84.0 Å². The van der Waals surface area contributed by atoms with Crippen LogP contribution in [-0.4, -0.2) is 17.4 Å². The quantitative estimate of drug-likeness (QED) is 0.378. The van der Waals surface area contributed by atoms with Gasteiger partial charge in [-0.3, -0.25) is 4.79 Å². The number of rotatable bonds is 16. The Balaban J connectivity index is 1.88. The van der Waals surface area contributed by atoms with Crippen LogP contribution in [0.2, 0.25) is 0 Å². The van der Waals surface area contributed by atoms with E-state index < -0.39 is 0 Å². The maximum Gasteiger partial charge on any atom is 0.273 e. The number of unbranched alkanes of at least 4 members (excludes halogenated alkanes) is 12. The molecule has 0 radical (unpaired) electrons. The first-order chi connectivity index (χ1) is 12.6. The highest BCUT2D eigenvalue weighted by molar-refractivity contribution is 5.91. The highest BCUT2D eigenvalue weighted by atomic mass is 16.3. The number of hydrogen-bond acceptors (Lipinski definition) is 4. The molecule has 0 aliphatic rings. The highest BCUT2D eigenvalue weighted by Crippen LogP contribution is 2.12. The molecule has 0 bridgehead atoms. The van der Waals surface area contributed by atoms with E-state index in [2.05, 4.69) is 17.2 Å². The summed E-state index contributed by atoms with van der Waals surface area (Å²) < 4.78 is 5.17. The van der Waals surface area contributed by atoms with Crippen molar-refractivity contribution in [2.75, 3.05) is 6.54 Å². The van der Waals surface area contributed by atoms with E-state index in [1.807, 2.05) is 0 Å². The summed E-state index contributed by atoms with van der Waals surface area (Å²) in [6.45, 7) is 4.74. The molecule has 1 unspecified atom stereocenters. The SMILES string of the molecule is CCCCCCCCCCCCCCCNC(=O)c1coc(C(C)N)n1. The van der Waals surface area contributed by atoms with Gasteiger partial charge in [-0.05, 0) is 13.3 Å². The number of hydrogen-bond donors (Lipinski definition) is 2. The lowest BCUT2D eigenvalue weighted by Gasteiger charge is -2.04. The van der Waals surface area contributed by atoms with E-state index >= 15 is 0 Å². The molecule has 1 heterocycles. The van der Waals surface area contributed by atoms with Crippen molar-refractivity contribution in [3.8, 4) is 0 Å². The summed E-state index contributed by atoms with van der Waals surface area (Å²) in [5.41, 5.74) is 5.98. The van der Waals surface area contributed by atoms with Crippen LogP contribution in [0.15, 0.2) is 10.7 Å². The van der Waals surface area contributed by atoms with Crippen molar-refractivity contribution in [3.63, 3.8) is 0 Å². The first kappa shape index (κ1) is 22.7. The summed E-state index contributed by atoms with van der Waals surface area (Å²) >= 11 is 0. The summed E-state index contributed by atoms with van der Waals surface area (Å²) in [5, 5.41) is 2.89. The van der Waals surface area contributed by atoms with Crippen molar-refractivity contribution in [1.29, 1.82) is 0 Å². The topological polar surface area (TPSA) is 81.2 Å². The number of nitrogens with two attached hydrogens (primary N) is 1. The van der Waals surface area contributed by atoms with E-state index in [0.29, 0.717) is 18.1 Å². The van der Waals surface area contributed by atoms with Crippen LogP contribution in [0.1, 0.15) is 120 Å². The largest absolute Gasteiger partial charge is 0.446 e. The van der Waals surface area contributed by atoms with Gasteiger partial charge in [0.15, 0.2) is 5.69 Å². The summed E-state index contributed by atoms with van der Waals surface area (Å²) in [7, 11) is 0. The lowest BCUT2D eigenvalue weighted by Crippen LogP contribution is -2.24. The van der Waals surface area contributed by atoms with Gasteiger partial charge in [-0.25, -0.2) is 4.98 Å². The van der Waals surface area contributed by atoms with Crippen LogP contribution < -0.4 is 11.1 Å². The number of carbonyl (C=O) groups excluding carboxylic acids is 1. The van der Waals surface area contributed by atoms with Crippen LogP contribution >= 0.6 is 0 Å². The minimum Gasteiger partial charge on any atom is -0.446 e. The summed E-state index contributed by atoms with van der Waals surface area (Å²) in [4.78, 5) is 16.0. The Morgan fingerprint density at radius 3 is 1.96 bits per heavy atom. The van der Waals surface area contributed by atoms with Gasteiger partial charge < -0.3 is 15.5 Å². The molecule has 26 heavy (non-hydrogen) atoms. The van der Waals surface area contributed by atoms with Gasteiger partial charge in [0.05, 0.1) is 6.04 Å². The van der Waals surface area contributed by atoms with Crippen LogP contribution in [0.5, 0.6) is 0 Å². The minimum atomic E-state index is -0.294. The Hall–Kier alpha value is -1.36. The molecule has 0 saturated carbocycles. The van der Waals surface area contributed by atoms with Gasteiger partial charge in [-0.2, -0.15) is 0 Å². The van der Waals surface area contributed by atoms with Crippen molar-refractivity contribution >= 4 is 5.91 Å². The molecule has 1 amide bonds. The molecule has 0 fully saturated rings. The fourth-order valence-electron chi connectivity index (χ4n) is 3.04. The Bertz CT molecular complexity index is 472. The average molecular weight is 366 g/mol. The van der Waals surface area contributed by atoms with Crippen molar-refractivity contribution < 1.29 is 9.21 Å². The van der Waals surface area contributed by atoms with Crippen LogP contribution in [0, 0.1) is 0 Å². The van der Waals surface area contributed by atoms with Crippen LogP contribution in [0.25, 0.3) is 0 Å². The van der Waals surface area contributed by atoms with Gasteiger partial charge >= 0.3 is 0 Å². The number of nitrogens with one attached hydrogen (secondary N) is 1. The maximum absolute atomic E-state index is 11.9. The molecular formula is C21H39N3O2. The maximum atomic E-state index is 11.9. The predicted molar refractivity (Wildman–Crippen MR) is 107 cm³/mol. The molecule has 1 rings (SSSR count). The zero-order valence-electron chi connectivity index (χ0n) is 16.9. The van der Waals surface area contributed by atoms with Crippen molar-refractivity contribution in [2.24, 2.45) is 5.73 Å². The summed E-state index contributed by atoms with van der Waals surface area (Å²) in [5.74, 6) is 0.218. The lowest BCUT2D eigenvalue weighted by molar-refractivity contribution is 0.0948. The fourth-order valence-corrected chi connectivity index (χ4v) is 3.04. The van der Waals surface area contributed by atoms with E-state index in [0.717, 1.165) is 6.42 Å². The van der Waals surface area contributed by atoms with Crippen LogP contribution in [0.4, 0.5) is 0 Å². The number of nitrogens with zero attached hydrogens (tertiary/aromatic N) is 1. The third-order valence-corrected chi connectivity index (χ3v) is 4.71. The minimum absolute atomic E-state index is 0.181. The second-order valence-electron chi connectivity index (χ2n) is 7.36. The van der Waals surface area contributed by atoms with E-state index in [-0.39, 0.29) is 11.9 Å². The molecule has 1 aromatic heterocycles. The third kappa shape index (κ3) is 10.6. The third-order valence-electron chi connectivity index (χ3n) is 4.71. The monoisotopic (exact) mass is 365 g/mol. The van der Waals surface area contributed by atoms with Gasteiger partial charge in [0.2, 0.25) is 5.89 Å². The molecule has 5 nitrogen and oxygen atoms in total. The first-order valence-corrected chi connectivity index (χ1v) is 10.6. The standard InChI is InChI=1S/C21H39N3O2/c1-3-4-5-6-7-8-9-10-11-12-13-14-15-16-23-20(25)19-17-26-21(24-19)18(2)22/h17-18H,3-16,22H2,1-2H3,(H,23,25). The van der Waals surface area contributed by atoms with Crippen molar-refractivity contribution in [3.05, 3.63) is 17.8 Å². The smallest absolute Gasteiger partial charge is 0.273 e. The second-order valence-corrected chi connectivity index (χ2v) is 7.36. The molecular weight excluding hydrogens is 326 g/mol. The average Bonchev–Trinajstić information content (AvgIpc) is 3.12. The highest BCUT2D eigenvalue weighted by Gasteiger charge is 2.13. The molecule has 0 aromatic carbocycles. The molecule has 5 heteroatoms. The number of oxazole rings is 1.